The third-order valence-electron chi connectivity index (χ3n) is 2.68. The molecule has 0 aromatic carbocycles. The van der Waals surface area contributed by atoms with E-state index in [0.717, 1.165) is 17.9 Å². The number of nitrogens with two attached hydrogens (primary N) is 1. The molecule has 1 fully saturated rings. The highest BCUT2D eigenvalue weighted by Gasteiger charge is 2.30. The molecule has 1 aliphatic carbocycles. The third-order valence-corrected chi connectivity index (χ3v) is 2.68. The van der Waals surface area contributed by atoms with E-state index >= 15 is 0 Å². The second-order valence-electron chi connectivity index (χ2n) is 3.81. The molecule has 80 valence electrons. The van der Waals surface area contributed by atoms with E-state index in [0.29, 0.717) is 6.04 Å². The molecule has 0 radical (unpaired) electrons. The van der Waals surface area contributed by atoms with Crippen LogP contribution in [0.15, 0.2) is 18.3 Å². The Morgan fingerprint density at radius 1 is 1.67 bits per heavy atom. The summed E-state index contributed by atoms with van der Waals surface area (Å²) in [5, 5.41) is 7.52. The molecule has 0 aliphatic heterocycles. The predicted molar refractivity (Wildman–Crippen MR) is 61.3 cm³/mol. The maximum Gasteiger partial charge on any atom is 0.139 e. The van der Waals surface area contributed by atoms with E-state index in [2.05, 4.69) is 16.8 Å². The van der Waals surface area contributed by atoms with Gasteiger partial charge in [0.25, 0.3) is 0 Å². The molecule has 1 saturated carbocycles. The molecule has 4 nitrogen and oxygen atoms in total. The Kier molecular flexibility index (Phi) is 2.58. The summed E-state index contributed by atoms with van der Waals surface area (Å²) >= 11 is 0. The van der Waals surface area contributed by atoms with Crippen molar-refractivity contribution in [3.05, 3.63) is 23.9 Å². The lowest BCUT2D eigenvalue weighted by molar-refractivity contribution is 0.807. The first kappa shape index (κ1) is 9.96. The minimum absolute atomic E-state index is 0.0946. The second-order valence-corrected chi connectivity index (χ2v) is 3.81. The molecule has 1 aromatic rings. The van der Waals surface area contributed by atoms with Crippen molar-refractivity contribution >= 4 is 11.7 Å². The molecule has 1 heterocycles. The van der Waals surface area contributed by atoms with Gasteiger partial charge in [0, 0.05) is 18.8 Å². The molecule has 0 amide bonds. The van der Waals surface area contributed by atoms with Crippen LogP contribution in [0.25, 0.3) is 0 Å². The third kappa shape index (κ3) is 1.93. The SMILES string of the molecule is CCN(c1ncccc1C(=N)N)C1CC1. The number of hydrogen-bond donors (Lipinski definition) is 2. The smallest absolute Gasteiger partial charge is 0.139 e. The molecule has 1 aliphatic rings. The fraction of sp³-hybridized carbons (Fsp3) is 0.455. The van der Waals surface area contributed by atoms with Crippen molar-refractivity contribution in [3.63, 3.8) is 0 Å². The first-order valence-electron chi connectivity index (χ1n) is 5.30. The van der Waals surface area contributed by atoms with Crippen molar-refractivity contribution in [1.82, 2.24) is 4.98 Å². The fourth-order valence-corrected chi connectivity index (χ4v) is 1.80. The van der Waals surface area contributed by atoms with Gasteiger partial charge in [0.2, 0.25) is 0 Å². The van der Waals surface area contributed by atoms with Gasteiger partial charge in [-0.25, -0.2) is 4.98 Å². The van der Waals surface area contributed by atoms with Gasteiger partial charge >= 0.3 is 0 Å². The van der Waals surface area contributed by atoms with Crippen LogP contribution >= 0.6 is 0 Å². The number of hydrogen-bond acceptors (Lipinski definition) is 3. The fourth-order valence-electron chi connectivity index (χ4n) is 1.80. The molecule has 0 unspecified atom stereocenters. The lowest BCUT2D eigenvalue weighted by atomic mass is 10.2. The van der Waals surface area contributed by atoms with Crippen LogP contribution < -0.4 is 10.6 Å². The first-order valence-corrected chi connectivity index (χ1v) is 5.30. The number of pyridine rings is 1. The minimum Gasteiger partial charge on any atom is -0.384 e. The molecule has 0 atom stereocenters. The van der Waals surface area contributed by atoms with E-state index in [-0.39, 0.29) is 5.84 Å². The van der Waals surface area contributed by atoms with Crippen LogP contribution in [0, 0.1) is 5.41 Å². The molecule has 0 bridgehead atoms. The van der Waals surface area contributed by atoms with Gasteiger partial charge in [-0.05, 0) is 31.9 Å². The second kappa shape index (κ2) is 3.88. The maximum atomic E-state index is 7.52. The van der Waals surface area contributed by atoms with Crippen LogP contribution in [0.4, 0.5) is 5.82 Å². The van der Waals surface area contributed by atoms with E-state index < -0.39 is 0 Å². The summed E-state index contributed by atoms with van der Waals surface area (Å²) in [6, 6.07) is 4.28. The highest BCUT2D eigenvalue weighted by Crippen LogP contribution is 2.31. The molecule has 0 saturated heterocycles. The summed E-state index contributed by atoms with van der Waals surface area (Å²) in [5.41, 5.74) is 6.29. The zero-order chi connectivity index (χ0) is 10.8. The van der Waals surface area contributed by atoms with Crippen LogP contribution in [-0.2, 0) is 0 Å². The summed E-state index contributed by atoms with van der Waals surface area (Å²) in [4.78, 5) is 6.57. The van der Waals surface area contributed by atoms with Crippen molar-refractivity contribution in [2.24, 2.45) is 5.73 Å². The van der Waals surface area contributed by atoms with Gasteiger partial charge in [-0.15, -0.1) is 0 Å². The Hall–Kier alpha value is -1.58. The van der Waals surface area contributed by atoms with Crippen molar-refractivity contribution < 1.29 is 0 Å². The largest absolute Gasteiger partial charge is 0.384 e. The van der Waals surface area contributed by atoms with E-state index in [4.69, 9.17) is 11.1 Å². The van der Waals surface area contributed by atoms with Crippen molar-refractivity contribution in [2.45, 2.75) is 25.8 Å². The average molecular weight is 204 g/mol. The maximum absolute atomic E-state index is 7.52. The molecule has 3 N–H and O–H groups in total. The number of amidine groups is 1. The number of nitrogen functional groups attached to an aromatic ring is 1. The summed E-state index contributed by atoms with van der Waals surface area (Å²) < 4.78 is 0. The topological polar surface area (TPSA) is 66.0 Å². The molecular formula is C11H16N4. The summed E-state index contributed by atoms with van der Waals surface area (Å²) in [5.74, 6) is 0.951. The highest BCUT2D eigenvalue weighted by molar-refractivity contribution is 5.99. The number of rotatable bonds is 4. The zero-order valence-corrected chi connectivity index (χ0v) is 8.90. The first-order chi connectivity index (χ1) is 7.24. The molecule has 0 spiro atoms. The quantitative estimate of drug-likeness (QED) is 0.574. The Bertz CT molecular complexity index is 371. The van der Waals surface area contributed by atoms with E-state index in [1.165, 1.54) is 12.8 Å². The molecule has 1 aromatic heterocycles. The minimum atomic E-state index is 0.0946. The van der Waals surface area contributed by atoms with Crippen LogP contribution in [0.2, 0.25) is 0 Å². The van der Waals surface area contributed by atoms with Gasteiger partial charge in [-0.2, -0.15) is 0 Å². The van der Waals surface area contributed by atoms with Crippen LogP contribution in [0.5, 0.6) is 0 Å². The number of nitrogens with one attached hydrogen (secondary N) is 1. The number of nitrogens with zero attached hydrogens (tertiary/aromatic N) is 2. The number of anilines is 1. The van der Waals surface area contributed by atoms with E-state index in [1.54, 1.807) is 6.20 Å². The van der Waals surface area contributed by atoms with Crippen LogP contribution in [0.1, 0.15) is 25.3 Å². The van der Waals surface area contributed by atoms with Crippen molar-refractivity contribution in [1.29, 1.82) is 5.41 Å². The molecule has 4 heteroatoms. The lowest BCUT2D eigenvalue weighted by Crippen LogP contribution is -2.29. The Morgan fingerprint density at radius 2 is 2.40 bits per heavy atom. The van der Waals surface area contributed by atoms with Gasteiger partial charge in [-0.3, -0.25) is 5.41 Å². The molecule has 15 heavy (non-hydrogen) atoms. The summed E-state index contributed by atoms with van der Waals surface area (Å²) in [6.45, 7) is 3.03. The normalized spacial score (nSPS) is 15.0. The molecule has 2 rings (SSSR count). The number of aromatic nitrogens is 1. The summed E-state index contributed by atoms with van der Waals surface area (Å²) in [6.07, 6.45) is 4.20. The van der Waals surface area contributed by atoms with E-state index in [9.17, 15) is 0 Å². The van der Waals surface area contributed by atoms with Gasteiger partial charge in [0.05, 0.1) is 5.56 Å². The van der Waals surface area contributed by atoms with E-state index in [1.807, 2.05) is 12.1 Å². The van der Waals surface area contributed by atoms with Gasteiger partial charge in [0.15, 0.2) is 0 Å². The van der Waals surface area contributed by atoms with Gasteiger partial charge in [0.1, 0.15) is 11.7 Å². The van der Waals surface area contributed by atoms with Gasteiger partial charge < -0.3 is 10.6 Å². The Morgan fingerprint density at radius 3 is 2.93 bits per heavy atom. The van der Waals surface area contributed by atoms with Crippen LogP contribution in [-0.4, -0.2) is 23.4 Å². The lowest BCUT2D eigenvalue weighted by Gasteiger charge is -2.23. The average Bonchev–Trinajstić information content (AvgIpc) is 3.04. The van der Waals surface area contributed by atoms with Gasteiger partial charge in [-0.1, -0.05) is 0 Å². The molecular weight excluding hydrogens is 188 g/mol. The predicted octanol–water partition coefficient (Wildman–Crippen LogP) is 1.35. The Labute approximate surface area is 89.6 Å². The van der Waals surface area contributed by atoms with Crippen molar-refractivity contribution in [3.8, 4) is 0 Å². The zero-order valence-electron chi connectivity index (χ0n) is 8.90. The standard InChI is InChI=1S/C11H16N4/c1-2-15(8-5-6-8)11-9(10(12)13)4-3-7-14-11/h3-4,7-8H,2,5-6H2,1H3,(H3,12,13). The summed E-state index contributed by atoms with van der Waals surface area (Å²) in [7, 11) is 0. The highest BCUT2D eigenvalue weighted by atomic mass is 15.2. The van der Waals surface area contributed by atoms with Crippen LogP contribution in [0.3, 0.4) is 0 Å². The monoisotopic (exact) mass is 204 g/mol. The Balaban J connectivity index is 2.36. The van der Waals surface area contributed by atoms with Crippen molar-refractivity contribution in [2.75, 3.05) is 11.4 Å².